The van der Waals surface area contributed by atoms with Crippen molar-refractivity contribution in [1.82, 2.24) is 0 Å². The van der Waals surface area contributed by atoms with Crippen LogP contribution in [0.3, 0.4) is 0 Å². The van der Waals surface area contributed by atoms with Crippen LogP contribution < -0.4 is 0 Å². The molecule has 0 radical (unpaired) electrons. The summed E-state index contributed by atoms with van der Waals surface area (Å²) < 4.78 is 11.8. The minimum absolute atomic E-state index is 0.0848. The molecule has 3 heteroatoms. The highest BCUT2D eigenvalue weighted by Crippen LogP contribution is 2.67. The highest BCUT2D eigenvalue weighted by Gasteiger charge is 2.62. The third-order valence-electron chi connectivity index (χ3n) is 8.30. The lowest BCUT2D eigenvalue weighted by Crippen LogP contribution is -2.38. The fourth-order valence-corrected chi connectivity index (χ4v) is 7.33. The van der Waals surface area contributed by atoms with E-state index in [1.807, 2.05) is 0 Å². The summed E-state index contributed by atoms with van der Waals surface area (Å²) >= 11 is 0. The standard InChI is InChI=1S/C24H40O3/c1-23(2,3)12-18(24(4,5)6)22(25)27-13-26-19-11-16-10-17(19)21-15-8-7-14(9-15)20(16)21/h14-21H,7-13H2,1-6H3. The summed E-state index contributed by atoms with van der Waals surface area (Å²) in [6.07, 6.45) is 8.18. The van der Waals surface area contributed by atoms with Crippen molar-refractivity contribution in [3.63, 3.8) is 0 Å². The van der Waals surface area contributed by atoms with Gasteiger partial charge in [0.05, 0.1) is 12.0 Å². The number of carbonyl (C=O) groups is 1. The van der Waals surface area contributed by atoms with Gasteiger partial charge >= 0.3 is 5.97 Å². The molecule has 4 bridgehead atoms. The zero-order chi connectivity index (χ0) is 19.6. The number of esters is 1. The first kappa shape index (κ1) is 19.7. The van der Waals surface area contributed by atoms with Crippen LogP contribution in [0.25, 0.3) is 0 Å². The molecule has 0 heterocycles. The fourth-order valence-electron chi connectivity index (χ4n) is 7.33. The number of hydrogen-bond donors (Lipinski definition) is 0. The van der Waals surface area contributed by atoms with E-state index in [0.29, 0.717) is 6.10 Å². The SMILES string of the molecule is CC(C)(C)CC(C(=O)OCOC1CC2CC1C1C3CCC(C3)C21)C(C)(C)C. The van der Waals surface area contributed by atoms with Crippen LogP contribution in [-0.2, 0) is 14.3 Å². The predicted molar refractivity (Wildman–Crippen MR) is 107 cm³/mol. The van der Waals surface area contributed by atoms with Gasteiger partial charge in [0.2, 0.25) is 0 Å². The average Bonchev–Trinajstić information content (AvgIpc) is 3.28. The first-order valence-corrected chi connectivity index (χ1v) is 11.3. The summed E-state index contributed by atoms with van der Waals surface area (Å²) in [6.45, 7) is 13.1. The van der Waals surface area contributed by atoms with Crippen molar-refractivity contribution in [2.45, 2.75) is 86.2 Å². The number of ether oxygens (including phenoxy) is 2. The average molecular weight is 377 g/mol. The molecule has 3 nitrogen and oxygen atoms in total. The van der Waals surface area contributed by atoms with Crippen LogP contribution >= 0.6 is 0 Å². The molecule has 27 heavy (non-hydrogen) atoms. The van der Waals surface area contributed by atoms with Gasteiger partial charge in [-0.1, -0.05) is 41.5 Å². The molecule has 4 aliphatic carbocycles. The molecule has 4 saturated carbocycles. The van der Waals surface area contributed by atoms with Gasteiger partial charge in [0, 0.05) is 0 Å². The van der Waals surface area contributed by atoms with Crippen LogP contribution in [-0.4, -0.2) is 18.9 Å². The summed E-state index contributed by atoms with van der Waals surface area (Å²) in [5.74, 6) is 5.38. The van der Waals surface area contributed by atoms with E-state index in [2.05, 4.69) is 41.5 Å². The van der Waals surface area contributed by atoms with E-state index >= 15 is 0 Å². The van der Waals surface area contributed by atoms with Gasteiger partial charge < -0.3 is 9.47 Å². The van der Waals surface area contributed by atoms with Gasteiger partial charge in [-0.05, 0) is 84.9 Å². The van der Waals surface area contributed by atoms with Crippen LogP contribution in [0.15, 0.2) is 0 Å². The molecule has 0 aromatic rings. The summed E-state index contributed by atoms with van der Waals surface area (Å²) in [6, 6.07) is 0. The summed E-state index contributed by atoms with van der Waals surface area (Å²) in [5, 5.41) is 0. The van der Waals surface area contributed by atoms with Gasteiger partial charge in [-0.3, -0.25) is 4.79 Å². The zero-order valence-electron chi connectivity index (χ0n) is 18.3. The van der Waals surface area contributed by atoms with Gasteiger partial charge in [-0.2, -0.15) is 0 Å². The molecule has 0 N–H and O–H groups in total. The van der Waals surface area contributed by atoms with Crippen LogP contribution in [0.2, 0.25) is 0 Å². The molecule has 4 rings (SSSR count). The fraction of sp³-hybridized carbons (Fsp3) is 0.958. The normalized spacial score (nSPS) is 41.0. The van der Waals surface area contributed by atoms with E-state index in [1.165, 1.54) is 32.1 Å². The molecule has 0 aromatic heterocycles. The largest absolute Gasteiger partial charge is 0.438 e. The van der Waals surface area contributed by atoms with Crippen LogP contribution in [0.5, 0.6) is 0 Å². The smallest absolute Gasteiger partial charge is 0.311 e. The van der Waals surface area contributed by atoms with E-state index in [0.717, 1.165) is 41.9 Å². The monoisotopic (exact) mass is 376 g/mol. The molecule has 0 aliphatic heterocycles. The molecule has 8 atom stereocenters. The van der Waals surface area contributed by atoms with E-state index in [4.69, 9.17) is 9.47 Å². The van der Waals surface area contributed by atoms with Crippen molar-refractivity contribution in [1.29, 1.82) is 0 Å². The Balaban J connectivity index is 1.29. The van der Waals surface area contributed by atoms with Gasteiger partial charge in [-0.15, -0.1) is 0 Å². The quantitative estimate of drug-likeness (QED) is 0.352. The van der Waals surface area contributed by atoms with Gasteiger partial charge in [0.15, 0.2) is 6.79 Å². The lowest BCUT2D eigenvalue weighted by Gasteiger charge is -2.38. The molecule has 0 amide bonds. The maximum atomic E-state index is 12.8. The Bertz CT molecular complexity index is 569. The van der Waals surface area contributed by atoms with Gasteiger partial charge in [0.25, 0.3) is 0 Å². The predicted octanol–water partition coefficient (Wildman–Crippen LogP) is 5.67. The van der Waals surface area contributed by atoms with Crippen LogP contribution in [0.1, 0.15) is 80.1 Å². The summed E-state index contributed by atoms with van der Waals surface area (Å²) in [7, 11) is 0. The van der Waals surface area contributed by atoms with Crippen molar-refractivity contribution in [3.8, 4) is 0 Å². The maximum Gasteiger partial charge on any atom is 0.311 e. The Morgan fingerprint density at radius 1 is 0.926 bits per heavy atom. The number of rotatable bonds is 5. The lowest BCUT2D eigenvalue weighted by atomic mass is 9.70. The Kier molecular flexibility index (Phi) is 4.93. The van der Waals surface area contributed by atoms with Gasteiger partial charge in [-0.25, -0.2) is 0 Å². The van der Waals surface area contributed by atoms with Gasteiger partial charge in [0.1, 0.15) is 0 Å². The molecule has 154 valence electrons. The molecule has 0 aromatic carbocycles. The molecular weight excluding hydrogens is 336 g/mol. The van der Waals surface area contributed by atoms with Crippen LogP contribution in [0.4, 0.5) is 0 Å². The third kappa shape index (κ3) is 3.70. The minimum Gasteiger partial charge on any atom is -0.438 e. The Morgan fingerprint density at radius 2 is 1.59 bits per heavy atom. The van der Waals surface area contributed by atoms with E-state index in [1.54, 1.807) is 0 Å². The Labute approximate surface area is 165 Å². The van der Waals surface area contributed by atoms with Crippen LogP contribution in [0, 0.1) is 52.3 Å². The second-order valence-corrected chi connectivity index (χ2v) is 12.4. The van der Waals surface area contributed by atoms with E-state index < -0.39 is 0 Å². The zero-order valence-corrected chi connectivity index (χ0v) is 18.3. The van der Waals surface area contributed by atoms with Crippen molar-refractivity contribution < 1.29 is 14.3 Å². The molecule has 4 fully saturated rings. The molecule has 8 unspecified atom stereocenters. The molecule has 0 saturated heterocycles. The lowest BCUT2D eigenvalue weighted by molar-refractivity contribution is -0.175. The highest BCUT2D eigenvalue weighted by molar-refractivity contribution is 5.73. The minimum atomic E-state index is -0.0902. The number of hydrogen-bond acceptors (Lipinski definition) is 3. The molecule has 4 aliphatic rings. The molecular formula is C24H40O3. The first-order valence-electron chi connectivity index (χ1n) is 11.3. The summed E-state index contributed by atoms with van der Waals surface area (Å²) in [5.41, 5.74) is 0.0202. The second-order valence-electron chi connectivity index (χ2n) is 12.4. The first-order chi connectivity index (χ1) is 12.5. The maximum absolute atomic E-state index is 12.8. The third-order valence-corrected chi connectivity index (χ3v) is 8.30. The Hall–Kier alpha value is -0.570. The topological polar surface area (TPSA) is 35.5 Å². The highest BCUT2D eigenvalue weighted by atomic mass is 16.7. The summed E-state index contributed by atoms with van der Waals surface area (Å²) in [4.78, 5) is 12.8. The number of carbonyl (C=O) groups excluding carboxylic acids is 1. The van der Waals surface area contributed by atoms with Crippen molar-refractivity contribution in [2.75, 3.05) is 6.79 Å². The van der Waals surface area contributed by atoms with Crippen molar-refractivity contribution >= 4 is 5.97 Å². The van der Waals surface area contributed by atoms with Crippen molar-refractivity contribution in [3.05, 3.63) is 0 Å². The second kappa shape index (κ2) is 6.75. The Morgan fingerprint density at radius 3 is 2.22 bits per heavy atom. The number of fused-ring (bicyclic) bond motifs is 9. The van der Waals surface area contributed by atoms with Crippen molar-refractivity contribution in [2.24, 2.45) is 52.3 Å². The molecule has 0 spiro atoms. The van der Waals surface area contributed by atoms with E-state index in [-0.39, 0.29) is 29.5 Å². The van der Waals surface area contributed by atoms with E-state index in [9.17, 15) is 4.79 Å².